The maximum atomic E-state index is 12.0. The number of rotatable bonds is 7. The summed E-state index contributed by atoms with van der Waals surface area (Å²) in [5.74, 6) is 0.397. The molecule has 1 aromatic rings. The number of halogens is 3. The standard InChI is InChI=1S/C14H17F3O3/c1-3-20-13-5-4-11(10(2)18)8-12(13)9-19-7-6-14(15,16)17/h4-5,8H,3,6-7,9H2,1-2H3. The first-order chi connectivity index (χ1) is 9.33. The molecule has 1 aromatic carbocycles. The van der Waals surface area contributed by atoms with Gasteiger partial charge in [0.05, 0.1) is 26.2 Å². The first-order valence-corrected chi connectivity index (χ1v) is 6.24. The molecule has 3 nitrogen and oxygen atoms in total. The molecule has 20 heavy (non-hydrogen) atoms. The van der Waals surface area contributed by atoms with Crippen molar-refractivity contribution in [2.75, 3.05) is 13.2 Å². The van der Waals surface area contributed by atoms with Crippen molar-refractivity contribution < 1.29 is 27.4 Å². The predicted octanol–water partition coefficient (Wildman–Crippen LogP) is 3.76. The quantitative estimate of drug-likeness (QED) is 0.566. The smallest absolute Gasteiger partial charge is 0.391 e. The lowest BCUT2D eigenvalue weighted by Crippen LogP contribution is -2.12. The molecule has 0 fully saturated rings. The second-order valence-corrected chi connectivity index (χ2v) is 4.23. The summed E-state index contributed by atoms with van der Waals surface area (Å²) >= 11 is 0. The third-order valence-electron chi connectivity index (χ3n) is 2.55. The molecule has 0 aliphatic rings. The van der Waals surface area contributed by atoms with Crippen LogP contribution in [0, 0.1) is 0 Å². The van der Waals surface area contributed by atoms with Gasteiger partial charge in [-0.2, -0.15) is 13.2 Å². The number of ether oxygens (including phenoxy) is 2. The lowest BCUT2D eigenvalue weighted by atomic mass is 10.1. The molecule has 0 aliphatic carbocycles. The van der Waals surface area contributed by atoms with Gasteiger partial charge in [0.15, 0.2) is 5.78 Å². The van der Waals surface area contributed by atoms with Crippen molar-refractivity contribution in [3.63, 3.8) is 0 Å². The summed E-state index contributed by atoms with van der Waals surface area (Å²) in [5.41, 5.74) is 1.05. The highest BCUT2D eigenvalue weighted by Gasteiger charge is 2.26. The van der Waals surface area contributed by atoms with Crippen LogP contribution in [0.4, 0.5) is 13.2 Å². The molecule has 0 aromatic heterocycles. The number of Topliss-reactive ketones (excluding diaryl/α,β-unsaturated/α-hetero) is 1. The van der Waals surface area contributed by atoms with Gasteiger partial charge < -0.3 is 9.47 Å². The van der Waals surface area contributed by atoms with Gasteiger partial charge in [-0.1, -0.05) is 0 Å². The van der Waals surface area contributed by atoms with Crippen molar-refractivity contribution in [3.8, 4) is 5.75 Å². The van der Waals surface area contributed by atoms with Crippen molar-refractivity contribution in [1.29, 1.82) is 0 Å². The summed E-state index contributed by atoms with van der Waals surface area (Å²) in [4.78, 5) is 11.3. The number of alkyl halides is 3. The highest BCUT2D eigenvalue weighted by atomic mass is 19.4. The van der Waals surface area contributed by atoms with E-state index in [9.17, 15) is 18.0 Å². The third kappa shape index (κ3) is 5.61. The van der Waals surface area contributed by atoms with Crippen LogP contribution in [-0.2, 0) is 11.3 Å². The molecule has 0 unspecified atom stereocenters. The normalized spacial score (nSPS) is 11.4. The largest absolute Gasteiger partial charge is 0.494 e. The summed E-state index contributed by atoms with van der Waals surface area (Å²) in [7, 11) is 0. The molecule has 0 heterocycles. The van der Waals surface area contributed by atoms with E-state index in [1.54, 1.807) is 25.1 Å². The molecule has 6 heteroatoms. The average molecular weight is 290 g/mol. The minimum Gasteiger partial charge on any atom is -0.494 e. The molecule has 0 amide bonds. The van der Waals surface area contributed by atoms with E-state index in [1.807, 2.05) is 0 Å². The van der Waals surface area contributed by atoms with Crippen LogP contribution in [0.1, 0.15) is 36.2 Å². The van der Waals surface area contributed by atoms with Crippen LogP contribution in [0.25, 0.3) is 0 Å². The van der Waals surface area contributed by atoms with Gasteiger partial charge in [-0.25, -0.2) is 0 Å². The second-order valence-electron chi connectivity index (χ2n) is 4.23. The Labute approximate surface area is 115 Å². The monoisotopic (exact) mass is 290 g/mol. The fourth-order valence-electron chi connectivity index (χ4n) is 1.58. The van der Waals surface area contributed by atoms with E-state index in [-0.39, 0.29) is 12.4 Å². The van der Waals surface area contributed by atoms with Crippen LogP contribution in [0.3, 0.4) is 0 Å². The molecular weight excluding hydrogens is 273 g/mol. The minimum atomic E-state index is -4.23. The van der Waals surface area contributed by atoms with Crippen LogP contribution >= 0.6 is 0 Å². The predicted molar refractivity (Wildman–Crippen MR) is 67.9 cm³/mol. The molecule has 1 rings (SSSR count). The molecule has 0 radical (unpaired) electrons. The molecular formula is C14H17F3O3. The Morgan fingerprint density at radius 3 is 2.55 bits per heavy atom. The lowest BCUT2D eigenvalue weighted by molar-refractivity contribution is -0.146. The Balaban J connectivity index is 2.69. The fourth-order valence-corrected chi connectivity index (χ4v) is 1.58. The third-order valence-corrected chi connectivity index (χ3v) is 2.55. The van der Waals surface area contributed by atoms with Gasteiger partial charge in [-0.05, 0) is 32.0 Å². The molecule has 0 atom stereocenters. The van der Waals surface area contributed by atoms with Gasteiger partial charge in [-0.15, -0.1) is 0 Å². The van der Waals surface area contributed by atoms with Gasteiger partial charge in [0, 0.05) is 11.1 Å². The van der Waals surface area contributed by atoms with Crippen LogP contribution < -0.4 is 4.74 Å². The van der Waals surface area contributed by atoms with Crippen LogP contribution in [-0.4, -0.2) is 25.2 Å². The summed E-state index contributed by atoms with van der Waals surface area (Å²) in [6.45, 7) is 3.21. The van der Waals surface area contributed by atoms with E-state index in [0.29, 0.717) is 23.5 Å². The van der Waals surface area contributed by atoms with Crippen molar-refractivity contribution in [2.24, 2.45) is 0 Å². The van der Waals surface area contributed by atoms with Crippen LogP contribution in [0.2, 0.25) is 0 Å². The van der Waals surface area contributed by atoms with Gasteiger partial charge in [0.25, 0.3) is 0 Å². The molecule has 0 spiro atoms. The van der Waals surface area contributed by atoms with Crippen molar-refractivity contribution >= 4 is 5.78 Å². The second kappa shape index (κ2) is 7.28. The zero-order valence-electron chi connectivity index (χ0n) is 11.4. The van der Waals surface area contributed by atoms with Crippen molar-refractivity contribution in [1.82, 2.24) is 0 Å². The number of carbonyl (C=O) groups is 1. The van der Waals surface area contributed by atoms with E-state index in [2.05, 4.69) is 0 Å². The Kier molecular flexibility index (Phi) is 6.01. The highest BCUT2D eigenvalue weighted by molar-refractivity contribution is 5.94. The Morgan fingerprint density at radius 2 is 2.00 bits per heavy atom. The molecule has 0 aliphatic heterocycles. The van der Waals surface area contributed by atoms with Gasteiger partial charge >= 0.3 is 6.18 Å². The molecule has 0 saturated heterocycles. The summed E-state index contributed by atoms with van der Waals surface area (Å²) in [6.07, 6.45) is -5.23. The molecule has 0 bridgehead atoms. The number of carbonyl (C=O) groups excluding carboxylic acids is 1. The maximum absolute atomic E-state index is 12.0. The summed E-state index contributed by atoms with van der Waals surface area (Å²) in [6, 6.07) is 4.83. The number of hydrogen-bond donors (Lipinski definition) is 0. The van der Waals surface area contributed by atoms with E-state index in [4.69, 9.17) is 9.47 Å². The van der Waals surface area contributed by atoms with Crippen molar-refractivity contribution in [2.45, 2.75) is 33.1 Å². The Morgan fingerprint density at radius 1 is 1.30 bits per heavy atom. The summed E-state index contributed by atoms with van der Waals surface area (Å²) in [5, 5.41) is 0. The van der Waals surface area contributed by atoms with Gasteiger partial charge in [-0.3, -0.25) is 4.79 Å². The van der Waals surface area contributed by atoms with Gasteiger partial charge in [0.1, 0.15) is 5.75 Å². The first kappa shape index (κ1) is 16.5. The average Bonchev–Trinajstić information content (AvgIpc) is 2.35. The summed E-state index contributed by atoms with van der Waals surface area (Å²) < 4.78 is 46.4. The SMILES string of the molecule is CCOc1ccc(C(C)=O)cc1COCCC(F)(F)F. The van der Waals surface area contributed by atoms with E-state index >= 15 is 0 Å². The van der Waals surface area contributed by atoms with E-state index in [1.165, 1.54) is 6.92 Å². The Bertz CT molecular complexity index is 455. The minimum absolute atomic E-state index is 0.0213. The van der Waals surface area contributed by atoms with Gasteiger partial charge in [0.2, 0.25) is 0 Å². The van der Waals surface area contributed by atoms with E-state index in [0.717, 1.165) is 0 Å². The first-order valence-electron chi connectivity index (χ1n) is 6.24. The zero-order valence-corrected chi connectivity index (χ0v) is 11.4. The highest BCUT2D eigenvalue weighted by Crippen LogP contribution is 2.23. The topological polar surface area (TPSA) is 35.5 Å². The van der Waals surface area contributed by atoms with E-state index < -0.39 is 19.2 Å². The number of hydrogen-bond acceptors (Lipinski definition) is 3. The lowest BCUT2D eigenvalue weighted by Gasteiger charge is -2.12. The Hall–Kier alpha value is -1.56. The number of benzene rings is 1. The zero-order chi connectivity index (χ0) is 15.2. The maximum Gasteiger partial charge on any atom is 0.391 e. The molecule has 112 valence electrons. The number of ketones is 1. The molecule has 0 saturated carbocycles. The van der Waals surface area contributed by atoms with Crippen LogP contribution in [0.15, 0.2) is 18.2 Å². The molecule has 0 N–H and O–H groups in total. The fraction of sp³-hybridized carbons (Fsp3) is 0.500. The van der Waals surface area contributed by atoms with Crippen LogP contribution in [0.5, 0.6) is 5.75 Å². The van der Waals surface area contributed by atoms with Crippen molar-refractivity contribution in [3.05, 3.63) is 29.3 Å².